The van der Waals surface area contributed by atoms with E-state index < -0.39 is 6.04 Å². The number of amides is 1. The first-order valence-corrected chi connectivity index (χ1v) is 3.18. The predicted octanol–water partition coefficient (Wildman–Crippen LogP) is -0.904. The molecule has 0 saturated heterocycles. The Balaban J connectivity index is 3.41. The van der Waals surface area contributed by atoms with Crippen LogP contribution < -0.4 is 11.1 Å². The Morgan fingerprint density at radius 1 is 1.80 bits per heavy atom. The molecule has 1 atom stereocenters. The highest BCUT2D eigenvalue weighted by atomic mass is 16.5. The highest BCUT2D eigenvalue weighted by Gasteiger charge is 2.09. The maximum Gasteiger partial charge on any atom is 0.236 e. The summed E-state index contributed by atoms with van der Waals surface area (Å²) in [7, 11) is 3.14. The summed E-state index contributed by atoms with van der Waals surface area (Å²) in [5.41, 5.74) is 5.42. The summed E-state index contributed by atoms with van der Waals surface area (Å²) in [5, 5.41) is 2.45. The molecule has 4 nitrogen and oxygen atoms in total. The van der Waals surface area contributed by atoms with Crippen LogP contribution in [0.3, 0.4) is 0 Å². The molecular weight excluding hydrogens is 132 g/mol. The van der Waals surface area contributed by atoms with Gasteiger partial charge < -0.3 is 15.8 Å². The van der Waals surface area contributed by atoms with E-state index in [9.17, 15) is 4.79 Å². The van der Waals surface area contributed by atoms with Gasteiger partial charge in [-0.1, -0.05) is 0 Å². The van der Waals surface area contributed by atoms with Gasteiger partial charge in [0, 0.05) is 20.8 Å². The molecule has 3 N–H and O–H groups in total. The number of methoxy groups -OCH3 is 1. The number of nitrogens with one attached hydrogen (secondary N) is 1. The summed E-state index contributed by atoms with van der Waals surface area (Å²) >= 11 is 0. The number of ether oxygens (including phenoxy) is 1. The molecule has 60 valence electrons. The summed E-state index contributed by atoms with van der Waals surface area (Å²) in [6, 6.07) is -0.440. The molecule has 0 aliphatic rings. The molecule has 0 aromatic rings. The zero-order valence-corrected chi connectivity index (χ0v) is 6.39. The Kier molecular flexibility index (Phi) is 4.88. The van der Waals surface area contributed by atoms with Crippen molar-refractivity contribution in [3.63, 3.8) is 0 Å². The summed E-state index contributed by atoms with van der Waals surface area (Å²) in [6.07, 6.45) is 0.566. The highest BCUT2D eigenvalue weighted by Crippen LogP contribution is 1.87. The minimum Gasteiger partial charge on any atom is -0.385 e. The molecule has 0 bridgehead atoms. The van der Waals surface area contributed by atoms with Gasteiger partial charge in [0.2, 0.25) is 5.91 Å². The second-order valence-electron chi connectivity index (χ2n) is 2.00. The maximum atomic E-state index is 10.7. The van der Waals surface area contributed by atoms with Crippen LogP contribution >= 0.6 is 0 Å². The van der Waals surface area contributed by atoms with Gasteiger partial charge in [-0.3, -0.25) is 4.79 Å². The fraction of sp³-hybridized carbons (Fsp3) is 0.833. The standard InChI is InChI=1S/C6H14N2O2/c1-8-6(9)5(7)3-4-10-2/h5H,3-4,7H2,1-2H3,(H,8,9)/t5-/m0/s1. The molecule has 0 radical (unpaired) electrons. The van der Waals surface area contributed by atoms with E-state index in [1.165, 1.54) is 0 Å². The number of nitrogens with two attached hydrogens (primary N) is 1. The van der Waals surface area contributed by atoms with Gasteiger partial charge in [0.1, 0.15) is 0 Å². The average molecular weight is 146 g/mol. The topological polar surface area (TPSA) is 64.4 Å². The quantitative estimate of drug-likeness (QED) is 0.540. The third-order valence-corrected chi connectivity index (χ3v) is 1.22. The monoisotopic (exact) mass is 146 g/mol. The first kappa shape index (κ1) is 9.39. The van der Waals surface area contributed by atoms with E-state index in [1.54, 1.807) is 14.2 Å². The molecule has 0 spiro atoms. The molecule has 1 amide bonds. The third kappa shape index (κ3) is 3.42. The van der Waals surface area contributed by atoms with Crippen LogP contribution in [-0.2, 0) is 9.53 Å². The van der Waals surface area contributed by atoms with Gasteiger partial charge in [-0.05, 0) is 6.42 Å². The van der Waals surface area contributed by atoms with Crippen molar-refractivity contribution in [3.8, 4) is 0 Å². The van der Waals surface area contributed by atoms with E-state index in [0.29, 0.717) is 13.0 Å². The van der Waals surface area contributed by atoms with Crippen molar-refractivity contribution >= 4 is 5.91 Å². The Labute approximate surface area is 60.7 Å². The Morgan fingerprint density at radius 2 is 2.40 bits per heavy atom. The van der Waals surface area contributed by atoms with Crippen LogP contribution in [0.25, 0.3) is 0 Å². The van der Waals surface area contributed by atoms with E-state index in [2.05, 4.69) is 5.32 Å². The number of rotatable bonds is 4. The lowest BCUT2D eigenvalue weighted by atomic mass is 10.2. The normalized spacial score (nSPS) is 12.7. The molecule has 0 heterocycles. The van der Waals surface area contributed by atoms with Gasteiger partial charge in [-0.2, -0.15) is 0 Å². The molecule has 0 aliphatic heterocycles. The lowest BCUT2D eigenvalue weighted by molar-refractivity contribution is -0.122. The smallest absolute Gasteiger partial charge is 0.236 e. The van der Waals surface area contributed by atoms with Gasteiger partial charge in [-0.25, -0.2) is 0 Å². The molecular formula is C6H14N2O2. The van der Waals surface area contributed by atoms with Crippen LogP contribution in [0.1, 0.15) is 6.42 Å². The van der Waals surface area contributed by atoms with E-state index in [0.717, 1.165) is 0 Å². The first-order valence-electron chi connectivity index (χ1n) is 3.18. The van der Waals surface area contributed by atoms with Crippen molar-refractivity contribution in [1.29, 1.82) is 0 Å². The van der Waals surface area contributed by atoms with Crippen LogP contribution in [0.2, 0.25) is 0 Å². The fourth-order valence-corrected chi connectivity index (χ4v) is 0.561. The summed E-state index contributed by atoms with van der Waals surface area (Å²) in [6.45, 7) is 0.522. The summed E-state index contributed by atoms with van der Waals surface area (Å²) < 4.78 is 4.75. The predicted molar refractivity (Wildman–Crippen MR) is 38.5 cm³/mol. The van der Waals surface area contributed by atoms with Gasteiger partial charge >= 0.3 is 0 Å². The molecule has 0 rings (SSSR count). The molecule has 0 saturated carbocycles. The zero-order chi connectivity index (χ0) is 7.98. The van der Waals surface area contributed by atoms with E-state index >= 15 is 0 Å². The minimum atomic E-state index is -0.440. The lowest BCUT2D eigenvalue weighted by Crippen LogP contribution is -2.39. The van der Waals surface area contributed by atoms with Gasteiger partial charge in [0.05, 0.1) is 6.04 Å². The van der Waals surface area contributed by atoms with Gasteiger partial charge in [-0.15, -0.1) is 0 Å². The molecule has 4 heteroatoms. The van der Waals surface area contributed by atoms with Gasteiger partial charge in [0.15, 0.2) is 0 Å². The van der Waals surface area contributed by atoms with Gasteiger partial charge in [0.25, 0.3) is 0 Å². The number of likely N-dealkylation sites (N-methyl/N-ethyl adjacent to an activating group) is 1. The average Bonchev–Trinajstić information content (AvgIpc) is 1.98. The number of hydrogen-bond acceptors (Lipinski definition) is 3. The largest absolute Gasteiger partial charge is 0.385 e. The van der Waals surface area contributed by atoms with Crippen molar-refractivity contribution in [3.05, 3.63) is 0 Å². The first-order chi connectivity index (χ1) is 4.72. The number of carbonyl (C=O) groups is 1. The SMILES string of the molecule is CNC(=O)[C@@H](N)CCOC. The van der Waals surface area contributed by atoms with E-state index in [1.807, 2.05) is 0 Å². The lowest BCUT2D eigenvalue weighted by Gasteiger charge is -2.07. The van der Waals surface area contributed by atoms with Crippen molar-refractivity contribution < 1.29 is 9.53 Å². The van der Waals surface area contributed by atoms with Crippen LogP contribution in [-0.4, -0.2) is 32.7 Å². The molecule has 10 heavy (non-hydrogen) atoms. The van der Waals surface area contributed by atoms with E-state index in [-0.39, 0.29) is 5.91 Å². The van der Waals surface area contributed by atoms with Crippen LogP contribution in [0.5, 0.6) is 0 Å². The Hall–Kier alpha value is -0.610. The van der Waals surface area contributed by atoms with Crippen molar-refractivity contribution in [2.75, 3.05) is 20.8 Å². The fourth-order valence-electron chi connectivity index (χ4n) is 0.561. The van der Waals surface area contributed by atoms with Crippen molar-refractivity contribution in [2.24, 2.45) is 5.73 Å². The van der Waals surface area contributed by atoms with Crippen molar-refractivity contribution in [2.45, 2.75) is 12.5 Å². The molecule has 0 aromatic carbocycles. The van der Waals surface area contributed by atoms with Crippen molar-refractivity contribution in [1.82, 2.24) is 5.32 Å². The van der Waals surface area contributed by atoms with E-state index in [4.69, 9.17) is 10.5 Å². The second-order valence-corrected chi connectivity index (χ2v) is 2.00. The van der Waals surface area contributed by atoms with Crippen LogP contribution in [0, 0.1) is 0 Å². The van der Waals surface area contributed by atoms with Crippen LogP contribution in [0.15, 0.2) is 0 Å². The third-order valence-electron chi connectivity index (χ3n) is 1.22. The molecule has 0 fully saturated rings. The Bertz CT molecular complexity index is 106. The van der Waals surface area contributed by atoms with Crippen LogP contribution in [0.4, 0.5) is 0 Å². The molecule has 0 unspecified atom stereocenters. The molecule has 0 aliphatic carbocycles. The highest BCUT2D eigenvalue weighted by molar-refractivity contribution is 5.81. The number of hydrogen-bond donors (Lipinski definition) is 2. The Morgan fingerprint density at radius 3 is 2.80 bits per heavy atom. The number of carbonyl (C=O) groups excluding carboxylic acids is 1. The summed E-state index contributed by atoms with van der Waals surface area (Å²) in [5.74, 6) is -0.142. The second kappa shape index (κ2) is 5.20. The zero-order valence-electron chi connectivity index (χ0n) is 6.39. The summed E-state index contributed by atoms with van der Waals surface area (Å²) in [4.78, 5) is 10.7. The molecule has 0 aromatic heterocycles. The minimum absolute atomic E-state index is 0.142. The maximum absolute atomic E-state index is 10.7.